The van der Waals surface area contributed by atoms with Gasteiger partial charge in [-0.15, -0.1) is 0 Å². The SMILES string of the molecule is COC(=O)C1=C(Nc2ccc3cc(S(=O)(=O)O)cc(S(=O)(=O)O)c3c2)C(=O)N(CCO)C1. The summed E-state index contributed by atoms with van der Waals surface area (Å²) in [5.74, 6) is -1.38. The topological polar surface area (TPSA) is 188 Å². The summed E-state index contributed by atoms with van der Waals surface area (Å²) in [6.07, 6.45) is 0. The lowest BCUT2D eigenvalue weighted by atomic mass is 10.1. The van der Waals surface area contributed by atoms with Crippen LogP contribution in [0.5, 0.6) is 0 Å². The number of amides is 1. The van der Waals surface area contributed by atoms with E-state index in [2.05, 4.69) is 10.1 Å². The van der Waals surface area contributed by atoms with Gasteiger partial charge in [-0.25, -0.2) is 4.79 Å². The first kappa shape index (κ1) is 23.6. The first-order valence-electron chi connectivity index (χ1n) is 8.88. The van der Waals surface area contributed by atoms with Crippen LogP contribution in [0.15, 0.2) is 51.4 Å². The maximum Gasteiger partial charge on any atom is 0.337 e. The summed E-state index contributed by atoms with van der Waals surface area (Å²) in [4.78, 5) is 24.4. The van der Waals surface area contributed by atoms with Crippen LogP contribution in [-0.2, 0) is 34.6 Å². The summed E-state index contributed by atoms with van der Waals surface area (Å²) >= 11 is 0. The molecule has 3 rings (SSSR count). The zero-order chi connectivity index (χ0) is 23.8. The maximum atomic E-state index is 12.6. The van der Waals surface area contributed by atoms with Gasteiger partial charge in [0.05, 0.1) is 30.7 Å². The third-order valence-electron chi connectivity index (χ3n) is 4.69. The molecule has 14 heteroatoms. The quantitative estimate of drug-likeness (QED) is 0.305. The number of methoxy groups -OCH3 is 1. The first-order chi connectivity index (χ1) is 14.9. The minimum absolute atomic E-state index is 0.0113. The van der Waals surface area contributed by atoms with Crippen molar-refractivity contribution >= 4 is 48.6 Å². The fraction of sp³-hybridized carbons (Fsp3) is 0.222. The molecule has 2 aromatic rings. The highest BCUT2D eigenvalue weighted by atomic mass is 32.2. The third kappa shape index (κ3) is 4.58. The Morgan fingerprint density at radius 2 is 1.81 bits per heavy atom. The lowest BCUT2D eigenvalue weighted by Crippen LogP contribution is -2.31. The van der Waals surface area contributed by atoms with Crippen LogP contribution in [-0.4, -0.2) is 74.6 Å². The number of esters is 1. The third-order valence-corrected chi connectivity index (χ3v) is 6.41. The van der Waals surface area contributed by atoms with Gasteiger partial charge in [0.1, 0.15) is 10.6 Å². The Morgan fingerprint density at radius 3 is 2.38 bits per heavy atom. The maximum absolute atomic E-state index is 12.6. The molecule has 1 aliphatic rings. The molecule has 0 aliphatic carbocycles. The zero-order valence-electron chi connectivity index (χ0n) is 16.5. The van der Waals surface area contributed by atoms with E-state index in [0.29, 0.717) is 6.07 Å². The van der Waals surface area contributed by atoms with Gasteiger partial charge in [-0.3, -0.25) is 13.9 Å². The number of anilines is 1. The first-order valence-corrected chi connectivity index (χ1v) is 11.8. The predicted octanol–water partition coefficient (Wildman–Crippen LogP) is 0.00670. The van der Waals surface area contributed by atoms with Gasteiger partial charge in [0.15, 0.2) is 0 Å². The highest BCUT2D eigenvalue weighted by Crippen LogP contribution is 2.31. The number of nitrogens with one attached hydrogen (secondary N) is 1. The van der Waals surface area contributed by atoms with Crippen LogP contribution in [0.2, 0.25) is 0 Å². The van der Waals surface area contributed by atoms with Gasteiger partial charge in [0.25, 0.3) is 26.1 Å². The number of aliphatic hydroxyl groups excluding tert-OH is 1. The van der Waals surface area contributed by atoms with E-state index in [1.165, 1.54) is 23.1 Å². The van der Waals surface area contributed by atoms with Gasteiger partial charge >= 0.3 is 5.97 Å². The Balaban J connectivity index is 2.14. The Bertz CT molecular complexity index is 1360. The zero-order valence-corrected chi connectivity index (χ0v) is 18.1. The molecule has 1 heterocycles. The number of rotatable bonds is 7. The van der Waals surface area contributed by atoms with Gasteiger partial charge in [0, 0.05) is 17.6 Å². The number of benzene rings is 2. The smallest absolute Gasteiger partial charge is 0.337 e. The van der Waals surface area contributed by atoms with E-state index >= 15 is 0 Å². The fourth-order valence-electron chi connectivity index (χ4n) is 3.23. The number of fused-ring (bicyclic) bond motifs is 1. The molecule has 4 N–H and O–H groups in total. The van der Waals surface area contributed by atoms with E-state index in [0.717, 1.165) is 13.2 Å². The normalized spacial score (nSPS) is 14.9. The molecule has 1 aliphatic heterocycles. The highest BCUT2D eigenvalue weighted by molar-refractivity contribution is 7.86. The molecule has 0 atom stereocenters. The second-order valence-electron chi connectivity index (χ2n) is 6.73. The molecule has 0 fully saturated rings. The second kappa shape index (κ2) is 8.48. The fourth-order valence-corrected chi connectivity index (χ4v) is 4.58. The number of hydrogen-bond donors (Lipinski definition) is 4. The number of hydrogen-bond acceptors (Lipinski definition) is 9. The summed E-state index contributed by atoms with van der Waals surface area (Å²) in [6, 6.07) is 5.49. The van der Waals surface area contributed by atoms with Crippen molar-refractivity contribution in [1.29, 1.82) is 0 Å². The number of nitrogens with zero attached hydrogens (tertiary/aromatic N) is 1. The van der Waals surface area contributed by atoms with E-state index < -0.39 is 41.9 Å². The van der Waals surface area contributed by atoms with Gasteiger partial charge in [-0.1, -0.05) is 6.07 Å². The Morgan fingerprint density at radius 1 is 1.12 bits per heavy atom. The van der Waals surface area contributed by atoms with E-state index in [-0.39, 0.29) is 47.4 Å². The van der Waals surface area contributed by atoms with Crippen molar-refractivity contribution in [2.45, 2.75) is 9.79 Å². The van der Waals surface area contributed by atoms with E-state index in [9.17, 15) is 35.5 Å². The van der Waals surface area contributed by atoms with Crippen LogP contribution in [0.1, 0.15) is 0 Å². The molecular weight excluding hydrogens is 468 g/mol. The summed E-state index contributed by atoms with van der Waals surface area (Å²) < 4.78 is 70.1. The van der Waals surface area contributed by atoms with Crippen LogP contribution in [0.4, 0.5) is 5.69 Å². The van der Waals surface area contributed by atoms with Crippen molar-refractivity contribution in [2.24, 2.45) is 0 Å². The van der Waals surface area contributed by atoms with Crippen LogP contribution in [0.25, 0.3) is 10.8 Å². The van der Waals surface area contributed by atoms with E-state index in [1.54, 1.807) is 0 Å². The van der Waals surface area contributed by atoms with Crippen molar-refractivity contribution in [3.05, 3.63) is 41.6 Å². The Kier molecular flexibility index (Phi) is 6.26. The molecule has 32 heavy (non-hydrogen) atoms. The van der Waals surface area contributed by atoms with Crippen molar-refractivity contribution < 1.29 is 45.4 Å². The highest BCUT2D eigenvalue weighted by Gasteiger charge is 2.34. The Hall–Kier alpha value is -3.04. The molecule has 0 saturated carbocycles. The molecule has 0 bridgehead atoms. The van der Waals surface area contributed by atoms with Crippen molar-refractivity contribution in [3.8, 4) is 0 Å². The second-order valence-corrected chi connectivity index (χ2v) is 9.54. The van der Waals surface area contributed by atoms with Gasteiger partial charge in [0.2, 0.25) is 0 Å². The lowest BCUT2D eigenvalue weighted by Gasteiger charge is -2.15. The molecular formula is C18H18N2O10S2. The van der Waals surface area contributed by atoms with Crippen LogP contribution in [0.3, 0.4) is 0 Å². The minimum Gasteiger partial charge on any atom is -0.466 e. The predicted molar refractivity (Wildman–Crippen MR) is 110 cm³/mol. The summed E-state index contributed by atoms with van der Waals surface area (Å²) in [6.45, 7) is -0.485. The number of ether oxygens (including phenoxy) is 1. The number of β-amino-alcohol motifs (C(OH)–C–C–N with tert-alkyl or cyclic N) is 1. The van der Waals surface area contributed by atoms with Crippen LogP contribution >= 0.6 is 0 Å². The summed E-state index contributed by atoms with van der Waals surface area (Å²) in [5, 5.41) is 11.8. The Labute approximate surface area is 182 Å². The monoisotopic (exact) mass is 486 g/mol. The number of aliphatic hydroxyl groups is 1. The van der Waals surface area contributed by atoms with Crippen molar-refractivity contribution in [2.75, 3.05) is 32.1 Å². The van der Waals surface area contributed by atoms with Gasteiger partial charge in [-0.2, -0.15) is 16.8 Å². The van der Waals surface area contributed by atoms with Gasteiger partial charge < -0.3 is 20.1 Å². The molecule has 2 aromatic carbocycles. The largest absolute Gasteiger partial charge is 0.466 e. The molecule has 12 nitrogen and oxygen atoms in total. The molecule has 0 radical (unpaired) electrons. The van der Waals surface area contributed by atoms with Crippen molar-refractivity contribution in [1.82, 2.24) is 4.90 Å². The molecule has 0 saturated heterocycles. The minimum atomic E-state index is -4.90. The summed E-state index contributed by atoms with van der Waals surface area (Å²) in [5.41, 5.74) is -0.0204. The molecule has 172 valence electrons. The van der Waals surface area contributed by atoms with Crippen molar-refractivity contribution in [3.63, 3.8) is 0 Å². The molecule has 1 amide bonds. The molecule has 0 aromatic heterocycles. The van der Waals surface area contributed by atoms with Crippen LogP contribution < -0.4 is 5.32 Å². The van der Waals surface area contributed by atoms with E-state index in [4.69, 9.17) is 5.11 Å². The summed E-state index contributed by atoms with van der Waals surface area (Å²) in [7, 11) is -8.54. The van der Waals surface area contributed by atoms with Crippen LogP contribution in [0, 0.1) is 0 Å². The number of carbonyl (C=O) groups excluding carboxylic acids is 2. The average molecular weight is 486 g/mol. The standard InChI is InChI=1S/C18H18N2O10S2/c1-30-18(23)14-9-20(4-5-21)17(22)16(14)19-11-3-2-10-6-12(31(24,25)26)8-15(13(10)7-11)32(27,28)29/h2-3,6-8,19,21H,4-5,9H2,1H3,(H,24,25,26)(H,27,28,29). The lowest BCUT2D eigenvalue weighted by molar-refractivity contribution is -0.136. The molecule has 0 unspecified atom stereocenters. The molecule has 0 spiro atoms. The number of carbonyl (C=O) groups is 2. The average Bonchev–Trinajstić information content (AvgIpc) is 3.01. The van der Waals surface area contributed by atoms with Gasteiger partial charge in [-0.05, 0) is 29.7 Å². The van der Waals surface area contributed by atoms with E-state index in [1.807, 2.05) is 0 Å².